The Balaban J connectivity index is 0.00000308. The molecule has 1 unspecified atom stereocenters. The Morgan fingerprint density at radius 1 is 0.275 bits per heavy atom. The molecule has 0 nitrogen and oxygen atoms in total. The summed E-state index contributed by atoms with van der Waals surface area (Å²) in [5.41, 5.74) is 36.0. The first-order valence-corrected chi connectivity index (χ1v) is 32.9. The Labute approximate surface area is 507 Å². The van der Waals surface area contributed by atoms with E-state index in [0.717, 1.165) is 0 Å². The number of benzene rings is 9. The van der Waals surface area contributed by atoms with Crippen LogP contribution < -0.4 is 15.6 Å². The van der Waals surface area contributed by atoms with E-state index >= 15 is 0 Å². The molecule has 10 rings (SSSR count). The van der Waals surface area contributed by atoms with Crippen molar-refractivity contribution in [3.05, 3.63) is 251 Å². The first-order valence-electron chi connectivity index (χ1n) is 27.8. The maximum Gasteiger partial charge on any atom is -0.147 e. The molecule has 0 aliphatic heterocycles. The third kappa shape index (κ3) is 11.2. The molecule has 9 aromatic carbocycles. The Morgan fingerprint density at radius 2 is 0.463 bits per heavy atom. The van der Waals surface area contributed by atoms with Crippen LogP contribution in [0.4, 0.5) is 0 Å². The van der Waals surface area contributed by atoms with Gasteiger partial charge in [-0.1, -0.05) is 0 Å². The molecule has 0 radical (unpaired) electrons. The summed E-state index contributed by atoms with van der Waals surface area (Å²) in [6.45, 7) is 37.5. The average molecular weight is 1160 g/mol. The van der Waals surface area contributed by atoms with Crippen molar-refractivity contribution in [2.45, 2.75) is 111 Å². The van der Waals surface area contributed by atoms with E-state index in [0.29, 0.717) is 5.92 Å². The van der Waals surface area contributed by atoms with Crippen LogP contribution in [0.5, 0.6) is 0 Å². The smallest absolute Gasteiger partial charge is 0.147 e. The summed E-state index contributed by atoms with van der Waals surface area (Å²) < 4.78 is 1.69. The van der Waals surface area contributed by atoms with Crippen molar-refractivity contribution in [2.75, 3.05) is 0 Å². The van der Waals surface area contributed by atoms with Crippen molar-refractivity contribution in [1.82, 2.24) is 0 Å². The van der Waals surface area contributed by atoms with Crippen LogP contribution in [0.15, 0.2) is 184 Å². The van der Waals surface area contributed by atoms with Gasteiger partial charge < -0.3 is 0 Å². The van der Waals surface area contributed by atoms with E-state index in [4.69, 9.17) is 0 Å². The zero-order valence-electron chi connectivity index (χ0n) is 49.9. The van der Waals surface area contributed by atoms with Gasteiger partial charge in [0.25, 0.3) is 0 Å². The molecule has 0 heterocycles. The van der Waals surface area contributed by atoms with Crippen molar-refractivity contribution in [3.63, 3.8) is 0 Å². The standard InChI is InChI=1S/C66H63Si.C9H13.3ClH.Ti/c1-40-19-13-20-41(2)61(40)52-31-53(62-42(3)21-14-22-43(62)4)35-58(34-52)67(59-36-54(63-44(5)23-15-24-45(63)6)32-55(37-59)64-46(7)25-16-26-47(64)8)60-38-56(65-48(9)27-17-28-49(65)10)33-57(39-60)66-50(11)29-18-30-51(66)12;1-6-5-7(2)9(4)8(6)3;;;;/h13-39H,1-12H3;6H,1-4H3;3*1H;. The quantitative estimate of drug-likeness (QED) is 0.0894. The normalized spacial score (nSPS) is 13.2. The summed E-state index contributed by atoms with van der Waals surface area (Å²) in [4.78, 5) is 0. The number of rotatable bonds is 11. The van der Waals surface area contributed by atoms with Gasteiger partial charge in [-0.3, -0.25) is 0 Å². The zero-order valence-corrected chi connectivity index (χ0v) is 54.9. The molecule has 408 valence electrons. The van der Waals surface area contributed by atoms with Gasteiger partial charge >= 0.3 is 475 Å². The molecule has 0 spiro atoms. The van der Waals surface area contributed by atoms with Gasteiger partial charge in [0.2, 0.25) is 0 Å². The van der Waals surface area contributed by atoms with Crippen LogP contribution in [-0.2, 0) is 18.4 Å². The van der Waals surface area contributed by atoms with Gasteiger partial charge in [0, 0.05) is 0 Å². The summed E-state index contributed by atoms with van der Waals surface area (Å²) in [6.07, 6.45) is 0. The fraction of sp³-hybridized carbons (Fsp3) is 0.227. The van der Waals surface area contributed by atoms with Crippen LogP contribution >= 0.6 is 37.2 Å². The monoisotopic (exact) mass is 1160 g/mol. The molecular formula is C75H79Cl3SiTi. The second-order valence-electron chi connectivity index (χ2n) is 22.9. The van der Waals surface area contributed by atoms with E-state index in [1.54, 1.807) is 3.88 Å². The predicted molar refractivity (Wildman–Crippen MR) is 355 cm³/mol. The van der Waals surface area contributed by atoms with E-state index in [-0.39, 0.29) is 37.2 Å². The molecule has 0 amide bonds. The zero-order chi connectivity index (χ0) is 54.8. The van der Waals surface area contributed by atoms with Crippen LogP contribution in [-0.4, -0.2) is 5.94 Å². The molecule has 1 atom stereocenters. The Hall–Kier alpha value is -5.74. The van der Waals surface area contributed by atoms with Crippen LogP contribution in [0.1, 0.15) is 94.5 Å². The van der Waals surface area contributed by atoms with E-state index in [9.17, 15) is 0 Å². The fourth-order valence-electron chi connectivity index (χ4n) is 13.5. The summed E-state index contributed by atoms with van der Waals surface area (Å²) in [6, 6.07) is 65.0. The van der Waals surface area contributed by atoms with Gasteiger partial charge in [-0.15, -0.1) is 37.2 Å². The minimum atomic E-state index is -3.29. The Morgan fingerprint density at radius 3 is 0.625 bits per heavy atom. The SMILES string of the molecule is CC1=C(C)C(C)[C]([Ti][Si](c2cc(-c3c(C)cccc3C)cc(-c3c(C)cccc3C)c2)(c2cc(-c3c(C)cccc3C)cc(-c3c(C)cccc3C)c2)c2cc(-c3c(C)cccc3C)cc(-c3c(C)cccc3C)c2)=C1C.Cl.Cl.Cl. The number of halogens is 3. The fourth-order valence-corrected chi connectivity index (χ4v) is 26.4. The molecule has 0 aromatic heterocycles. The molecule has 1 aliphatic rings. The van der Waals surface area contributed by atoms with Gasteiger partial charge in [0.05, 0.1) is 0 Å². The van der Waals surface area contributed by atoms with E-state index in [2.05, 4.69) is 275 Å². The molecule has 5 heteroatoms. The van der Waals surface area contributed by atoms with Gasteiger partial charge in [0.1, 0.15) is 0 Å². The van der Waals surface area contributed by atoms with Crippen LogP contribution in [0, 0.1) is 89.0 Å². The maximum absolute atomic E-state index is 3.29. The minimum Gasteiger partial charge on any atom is -0.147 e. The second-order valence-corrected chi connectivity index (χ2v) is 31.9. The molecule has 9 aromatic rings. The van der Waals surface area contributed by atoms with E-state index < -0.39 is 24.3 Å². The number of allylic oxidation sites excluding steroid dienone is 4. The first-order chi connectivity index (χ1) is 36.8. The Bertz CT molecular complexity index is 3240. The molecule has 0 N–H and O–H groups in total. The molecule has 0 fully saturated rings. The van der Waals surface area contributed by atoms with Crippen LogP contribution in [0.2, 0.25) is 0 Å². The first kappa shape index (κ1) is 61.9. The molecular weight excluding hydrogens is 1080 g/mol. The summed E-state index contributed by atoms with van der Waals surface area (Å²) in [7, 11) is 0. The molecule has 80 heavy (non-hydrogen) atoms. The number of hydrogen-bond donors (Lipinski definition) is 0. The average Bonchev–Trinajstić information content (AvgIpc) is 3.55. The molecule has 1 aliphatic carbocycles. The maximum atomic E-state index is 2.71. The van der Waals surface area contributed by atoms with E-state index in [1.165, 1.54) is 166 Å². The molecule has 0 saturated carbocycles. The summed E-state index contributed by atoms with van der Waals surface area (Å²) in [5.74, 6) is -2.94. The number of aryl methyl sites for hydroxylation is 12. The van der Waals surface area contributed by atoms with Crippen LogP contribution in [0.3, 0.4) is 0 Å². The van der Waals surface area contributed by atoms with Crippen LogP contribution in [0.25, 0.3) is 66.8 Å². The van der Waals surface area contributed by atoms with Gasteiger partial charge in [-0.25, -0.2) is 0 Å². The van der Waals surface area contributed by atoms with Gasteiger partial charge in [-0.05, 0) is 0 Å². The predicted octanol–water partition coefficient (Wildman–Crippen LogP) is 20.0. The summed E-state index contributed by atoms with van der Waals surface area (Å²) in [5, 5.41) is 4.46. The third-order valence-corrected chi connectivity index (χ3v) is 30.1. The molecule has 0 bridgehead atoms. The third-order valence-electron chi connectivity index (χ3n) is 17.7. The number of hydrogen-bond acceptors (Lipinski definition) is 0. The Kier molecular flexibility index (Phi) is 19.2. The van der Waals surface area contributed by atoms with Crippen molar-refractivity contribution in [2.24, 2.45) is 5.92 Å². The van der Waals surface area contributed by atoms with Crippen molar-refractivity contribution < 1.29 is 18.4 Å². The van der Waals surface area contributed by atoms with Crippen molar-refractivity contribution in [1.29, 1.82) is 0 Å². The minimum absolute atomic E-state index is 0. The summed E-state index contributed by atoms with van der Waals surface area (Å²) >= 11 is -1.05. The largest absolute Gasteiger partial charge is 0.147 e. The molecule has 0 saturated heterocycles. The van der Waals surface area contributed by atoms with Gasteiger partial charge in [0.15, 0.2) is 0 Å². The van der Waals surface area contributed by atoms with Gasteiger partial charge in [-0.2, -0.15) is 0 Å². The van der Waals surface area contributed by atoms with E-state index in [1.807, 2.05) is 0 Å². The second kappa shape index (κ2) is 24.8. The van der Waals surface area contributed by atoms with Crippen molar-refractivity contribution in [3.8, 4) is 66.8 Å². The van der Waals surface area contributed by atoms with Crippen molar-refractivity contribution >= 4 is 58.7 Å². The topological polar surface area (TPSA) is 0 Å².